The number of pyridine rings is 1. The van der Waals surface area contributed by atoms with Crippen molar-refractivity contribution >= 4 is 31.8 Å². The van der Waals surface area contributed by atoms with Gasteiger partial charge in [0.15, 0.2) is 11.5 Å². The van der Waals surface area contributed by atoms with Crippen molar-refractivity contribution in [3.05, 3.63) is 50.7 Å². The van der Waals surface area contributed by atoms with E-state index in [1.54, 1.807) is 18.2 Å². The van der Waals surface area contributed by atoms with Crippen molar-refractivity contribution in [1.82, 2.24) is 15.0 Å². The van der Waals surface area contributed by atoms with Gasteiger partial charge in [0.2, 0.25) is 6.79 Å². The molecule has 0 saturated heterocycles. The van der Waals surface area contributed by atoms with Gasteiger partial charge >= 0.3 is 5.69 Å². The Bertz CT molecular complexity index is 1340. The van der Waals surface area contributed by atoms with E-state index in [2.05, 4.69) is 15.0 Å². The number of H-pyrrole nitrogens is 2. The maximum absolute atomic E-state index is 13.8. The van der Waals surface area contributed by atoms with Gasteiger partial charge in [-0.15, -0.1) is 11.3 Å². The Balaban J connectivity index is 1.83. The van der Waals surface area contributed by atoms with E-state index < -0.39 is 17.7 Å². The van der Waals surface area contributed by atoms with Crippen molar-refractivity contribution in [2.45, 2.75) is 6.43 Å². The summed E-state index contributed by atoms with van der Waals surface area (Å²) in [5.41, 5.74) is -0.748. The molecule has 4 heterocycles. The van der Waals surface area contributed by atoms with E-state index in [9.17, 15) is 18.4 Å². The summed E-state index contributed by atoms with van der Waals surface area (Å²) in [4.78, 5) is 32.8. The number of hydrogen-bond donors (Lipinski definition) is 2. The quantitative estimate of drug-likeness (QED) is 0.549. The molecule has 1 aliphatic heterocycles. The number of nitrogens with one attached hydrogen (secondary N) is 2. The fraction of sp³-hybridized carbons (Fsp3) is 0.118. The molecule has 0 atom stereocenters. The van der Waals surface area contributed by atoms with Crippen LogP contribution in [-0.4, -0.2) is 21.7 Å². The number of aromatic nitrogens is 3. The second-order valence-corrected chi connectivity index (χ2v) is 6.86. The van der Waals surface area contributed by atoms with Crippen molar-refractivity contribution in [3.63, 3.8) is 0 Å². The Morgan fingerprint density at radius 3 is 2.74 bits per heavy atom. The van der Waals surface area contributed by atoms with Crippen molar-refractivity contribution < 1.29 is 18.3 Å². The zero-order valence-corrected chi connectivity index (χ0v) is 14.2. The fourth-order valence-corrected chi connectivity index (χ4v) is 4.14. The average molecular weight is 389 g/mol. The summed E-state index contributed by atoms with van der Waals surface area (Å²) in [6.07, 6.45) is -2.82. The van der Waals surface area contributed by atoms with Crippen molar-refractivity contribution in [2.75, 3.05) is 6.79 Å². The van der Waals surface area contributed by atoms with Gasteiger partial charge in [-0.1, -0.05) is 0 Å². The molecule has 0 saturated carbocycles. The number of ether oxygens (including phenoxy) is 2. The number of aromatic amines is 2. The standard InChI is InChI=1S/C17H9F2N3O4S/c18-14(19)7-4-8(6-1-2-9-10(3-6)26-5-25-9)20-16-11(7)12-13(27-16)15(23)22-17(24)21-12/h1-4,14H,5H2,(H2,21,22,23,24). The van der Waals surface area contributed by atoms with Crippen molar-refractivity contribution in [2.24, 2.45) is 0 Å². The molecule has 1 aliphatic rings. The van der Waals surface area contributed by atoms with Crippen LogP contribution in [0.3, 0.4) is 0 Å². The van der Waals surface area contributed by atoms with Crippen LogP contribution in [0.1, 0.15) is 12.0 Å². The van der Waals surface area contributed by atoms with Gasteiger partial charge in [0, 0.05) is 16.5 Å². The van der Waals surface area contributed by atoms with Gasteiger partial charge in [-0.2, -0.15) is 0 Å². The third kappa shape index (κ3) is 2.40. The molecule has 1 aromatic carbocycles. The number of fused-ring (bicyclic) bond motifs is 4. The molecule has 0 amide bonds. The molecule has 5 rings (SSSR count). The largest absolute Gasteiger partial charge is 0.454 e. The van der Waals surface area contributed by atoms with E-state index in [1.807, 2.05) is 0 Å². The molecular formula is C17H9F2N3O4S. The summed E-state index contributed by atoms with van der Waals surface area (Å²) in [6.45, 7) is 0.0972. The van der Waals surface area contributed by atoms with E-state index in [1.165, 1.54) is 6.07 Å². The van der Waals surface area contributed by atoms with Crippen LogP contribution in [-0.2, 0) is 0 Å². The first-order valence-corrected chi connectivity index (χ1v) is 8.61. The molecule has 0 spiro atoms. The van der Waals surface area contributed by atoms with Crippen LogP contribution in [0, 0.1) is 0 Å². The van der Waals surface area contributed by atoms with Gasteiger partial charge in [0.1, 0.15) is 9.53 Å². The normalized spacial score (nSPS) is 13.1. The monoisotopic (exact) mass is 389 g/mol. The maximum atomic E-state index is 13.8. The first-order valence-electron chi connectivity index (χ1n) is 7.79. The lowest BCUT2D eigenvalue weighted by molar-refractivity contribution is 0.153. The van der Waals surface area contributed by atoms with Crippen LogP contribution in [0.2, 0.25) is 0 Å². The Labute approximate surface area is 152 Å². The molecule has 3 aromatic heterocycles. The summed E-state index contributed by atoms with van der Waals surface area (Å²) in [5, 5.41) is 0.0812. The van der Waals surface area contributed by atoms with Crippen molar-refractivity contribution in [1.29, 1.82) is 0 Å². The van der Waals surface area contributed by atoms with E-state index in [4.69, 9.17) is 9.47 Å². The zero-order chi connectivity index (χ0) is 18.7. The lowest BCUT2D eigenvalue weighted by Crippen LogP contribution is -2.20. The van der Waals surface area contributed by atoms with Gasteiger partial charge in [-0.05, 0) is 24.3 Å². The third-order valence-corrected chi connectivity index (χ3v) is 5.35. The molecule has 4 aromatic rings. The number of benzene rings is 1. The summed E-state index contributed by atoms with van der Waals surface area (Å²) in [7, 11) is 0. The van der Waals surface area contributed by atoms with Gasteiger partial charge in [0.05, 0.1) is 11.2 Å². The molecule has 7 nitrogen and oxygen atoms in total. The minimum Gasteiger partial charge on any atom is -0.454 e. The Morgan fingerprint density at radius 2 is 1.93 bits per heavy atom. The molecule has 0 radical (unpaired) electrons. The molecule has 136 valence electrons. The number of nitrogens with zero attached hydrogens (tertiary/aromatic N) is 1. The summed E-state index contributed by atoms with van der Waals surface area (Å²) < 4.78 is 38.3. The highest BCUT2D eigenvalue weighted by molar-refractivity contribution is 7.25. The van der Waals surface area contributed by atoms with Gasteiger partial charge in [-0.25, -0.2) is 18.6 Å². The van der Waals surface area contributed by atoms with E-state index in [-0.39, 0.29) is 32.8 Å². The smallest absolute Gasteiger partial charge is 0.326 e. The highest BCUT2D eigenvalue weighted by Crippen LogP contribution is 2.40. The van der Waals surface area contributed by atoms with Crippen LogP contribution < -0.4 is 20.7 Å². The summed E-state index contributed by atoms with van der Waals surface area (Å²) in [6, 6.07) is 6.29. The topological polar surface area (TPSA) is 97.1 Å². The minimum absolute atomic E-state index is 0.0730. The fourth-order valence-electron chi connectivity index (χ4n) is 3.09. The maximum Gasteiger partial charge on any atom is 0.326 e. The summed E-state index contributed by atoms with van der Waals surface area (Å²) >= 11 is 0.949. The SMILES string of the molecule is O=c1[nH]c(=O)c2sc3nc(-c4ccc5c(c4)OCO5)cc(C(F)F)c3c2[nH]1. The average Bonchev–Trinajstić information content (AvgIpc) is 3.24. The number of halogens is 2. The highest BCUT2D eigenvalue weighted by Gasteiger charge is 2.22. The number of alkyl halides is 2. The molecular weight excluding hydrogens is 380 g/mol. The van der Waals surface area contributed by atoms with Crippen molar-refractivity contribution in [3.8, 4) is 22.8 Å². The lowest BCUT2D eigenvalue weighted by Gasteiger charge is -2.07. The molecule has 0 bridgehead atoms. The van der Waals surface area contributed by atoms with E-state index >= 15 is 0 Å². The van der Waals surface area contributed by atoms with E-state index in [0.717, 1.165) is 11.3 Å². The van der Waals surface area contributed by atoms with Gasteiger partial charge in [0.25, 0.3) is 12.0 Å². The second kappa shape index (κ2) is 5.61. The predicted octanol–water partition coefficient (Wildman–Crippen LogP) is 3.16. The van der Waals surface area contributed by atoms with Gasteiger partial charge in [-0.3, -0.25) is 9.78 Å². The lowest BCUT2D eigenvalue weighted by atomic mass is 10.1. The number of hydrogen-bond acceptors (Lipinski definition) is 6. The van der Waals surface area contributed by atoms with Crippen LogP contribution in [0.25, 0.3) is 31.7 Å². The molecule has 0 unspecified atom stereocenters. The van der Waals surface area contributed by atoms with Crippen LogP contribution in [0.15, 0.2) is 33.9 Å². The highest BCUT2D eigenvalue weighted by atomic mass is 32.1. The van der Waals surface area contributed by atoms with Gasteiger partial charge < -0.3 is 14.5 Å². The van der Waals surface area contributed by atoms with Crippen LogP contribution in [0.5, 0.6) is 11.5 Å². The summed E-state index contributed by atoms with van der Waals surface area (Å²) in [5.74, 6) is 1.07. The third-order valence-electron chi connectivity index (χ3n) is 4.27. The van der Waals surface area contributed by atoms with E-state index in [0.29, 0.717) is 22.8 Å². The predicted molar refractivity (Wildman–Crippen MR) is 94.9 cm³/mol. The first-order chi connectivity index (χ1) is 13.0. The number of rotatable bonds is 2. The first kappa shape index (κ1) is 15.9. The second-order valence-electron chi connectivity index (χ2n) is 5.86. The molecule has 10 heteroatoms. The van der Waals surface area contributed by atoms with Crippen LogP contribution in [0.4, 0.5) is 8.78 Å². The molecule has 2 N–H and O–H groups in total. The van der Waals surface area contributed by atoms with Crippen LogP contribution >= 0.6 is 11.3 Å². The minimum atomic E-state index is -2.82. The zero-order valence-electron chi connectivity index (χ0n) is 13.3. The molecule has 0 aliphatic carbocycles. The Hall–Kier alpha value is -3.27. The molecule has 0 fully saturated rings. The number of thiophene rings is 1. The Kier molecular flexibility index (Phi) is 3.31. The molecule has 27 heavy (non-hydrogen) atoms. The Morgan fingerprint density at radius 1 is 1.11 bits per heavy atom.